The molecule has 0 aromatic heterocycles. The van der Waals surface area contributed by atoms with Crippen LogP contribution in [0.3, 0.4) is 0 Å². The van der Waals surface area contributed by atoms with Gasteiger partial charge in [-0.2, -0.15) is 13.2 Å². The van der Waals surface area contributed by atoms with E-state index in [-0.39, 0.29) is 17.0 Å². The number of amides is 1. The molecule has 26 heavy (non-hydrogen) atoms. The number of benzene rings is 3. The summed E-state index contributed by atoms with van der Waals surface area (Å²) in [6, 6.07) is 13.7. The Morgan fingerprint density at radius 3 is 2.42 bits per heavy atom. The van der Waals surface area contributed by atoms with Crippen molar-refractivity contribution in [2.45, 2.75) is 6.18 Å². The Morgan fingerprint density at radius 1 is 1.08 bits per heavy atom. The number of fused-ring (bicyclic) bond motifs is 1. The lowest BCUT2D eigenvalue weighted by Gasteiger charge is -2.16. The van der Waals surface area contributed by atoms with Gasteiger partial charge in [0.2, 0.25) is 0 Å². The molecule has 0 aliphatic carbocycles. The first-order valence-electron chi connectivity index (χ1n) is 7.55. The third kappa shape index (κ3) is 3.39. The number of hydrogen-bond acceptors (Lipinski definition) is 2. The molecular weight excluding hydrogens is 411 g/mol. The molecule has 0 radical (unpaired) electrons. The summed E-state index contributed by atoms with van der Waals surface area (Å²) in [7, 11) is 1.40. The van der Waals surface area contributed by atoms with Gasteiger partial charge in [0.15, 0.2) is 0 Å². The minimum Gasteiger partial charge on any atom is -0.495 e. The van der Waals surface area contributed by atoms with Gasteiger partial charge >= 0.3 is 6.18 Å². The predicted molar refractivity (Wildman–Crippen MR) is 97.6 cm³/mol. The highest BCUT2D eigenvalue weighted by Gasteiger charge is 2.33. The van der Waals surface area contributed by atoms with Crippen LogP contribution in [0.2, 0.25) is 0 Å². The number of carbonyl (C=O) groups is 1. The normalized spacial score (nSPS) is 11.4. The van der Waals surface area contributed by atoms with Crippen LogP contribution in [0.1, 0.15) is 15.9 Å². The first-order valence-corrected chi connectivity index (χ1v) is 8.35. The Labute approximate surface area is 155 Å². The van der Waals surface area contributed by atoms with E-state index < -0.39 is 17.6 Å². The van der Waals surface area contributed by atoms with Crippen LogP contribution in [0.25, 0.3) is 10.8 Å². The van der Waals surface area contributed by atoms with Gasteiger partial charge in [-0.3, -0.25) is 4.79 Å². The van der Waals surface area contributed by atoms with E-state index in [2.05, 4.69) is 21.2 Å². The number of anilines is 1. The first kappa shape index (κ1) is 18.3. The van der Waals surface area contributed by atoms with Crippen molar-refractivity contribution >= 4 is 38.3 Å². The number of nitrogens with one attached hydrogen (secondary N) is 1. The molecule has 3 aromatic carbocycles. The molecule has 0 saturated heterocycles. The summed E-state index contributed by atoms with van der Waals surface area (Å²) >= 11 is 3.41. The maximum atomic E-state index is 13.1. The van der Waals surface area contributed by atoms with Gasteiger partial charge in [0.1, 0.15) is 5.75 Å². The summed E-state index contributed by atoms with van der Waals surface area (Å²) in [5.74, 6) is -0.435. The largest absolute Gasteiger partial charge is 0.495 e. The van der Waals surface area contributed by atoms with Crippen LogP contribution in [0.4, 0.5) is 18.9 Å². The van der Waals surface area contributed by atoms with E-state index >= 15 is 0 Å². The van der Waals surface area contributed by atoms with Crippen molar-refractivity contribution in [2.24, 2.45) is 0 Å². The lowest BCUT2D eigenvalue weighted by atomic mass is 10.0. The first-order chi connectivity index (χ1) is 12.3. The summed E-state index contributed by atoms with van der Waals surface area (Å²) in [5.41, 5.74) is -1.08. The summed E-state index contributed by atoms with van der Waals surface area (Å²) < 4.78 is 45.3. The van der Waals surface area contributed by atoms with Crippen molar-refractivity contribution in [3.63, 3.8) is 0 Å². The fourth-order valence-corrected chi connectivity index (χ4v) is 3.42. The van der Waals surface area contributed by atoms with Gasteiger partial charge in [-0.15, -0.1) is 0 Å². The number of methoxy groups -OCH3 is 1. The van der Waals surface area contributed by atoms with Crippen molar-refractivity contribution < 1.29 is 22.7 Å². The molecule has 0 fully saturated rings. The third-order valence-electron chi connectivity index (χ3n) is 3.87. The molecule has 0 unspecified atom stereocenters. The van der Waals surface area contributed by atoms with Gasteiger partial charge in [-0.05, 0) is 44.9 Å². The monoisotopic (exact) mass is 423 g/mol. The zero-order valence-electron chi connectivity index (χ0n) is 13.5. The molecule has 3 rings (SSSR count). The Hall–Kier alpha value is -2.54. The summed E-state index contributed by atoms with van der Waals surface area (Å²) in [6.07, 6.45) is -4.57. The van der Waals surface area contributed by atoms with Crippen LogP contribution >= 0.6 is 15.9 Å². The van der Waals surface area contributed by atoms with E-state index in [1.807, 2.05) is 18.2 Å². The molecule has 0 aliphatic rings. The Bertz CT molecular complexity index is 986. The molecule has 0 bridgehead atoms. The Balaban J connectivity index is 2.07. The van der Waals surface area contributed by atoms with E-state index in [1.54, 1.807) is 12.1 Å². The molecule has 3 aromatic rings. The van der Waals surface area contributed by atoms with E-state index in [9.17, 15) is 18.0 Å². The number of ether oxygens (including phenoxy) is 1. The number of hydrogen-bond donors (Lipinski definition) is 1. The van der Waals surface area contributed by atoms with Crippen molar-refractivity contribution in [1.82, 2.24) is 0 Å². The smallest absolute Gasteiger partial charge is 0.418 e. The molecule has 134 valence electrons. The van der Waals surface area contributed by atoms with Crippen LogP contribution in [0.5, 0.6) is 5.75 Å². The number of halogens is 4. The zero-order valence-corrected chi connectivity index (χ0v) is 15.1. The highest BCUT2D eigenvalue weighted by Crippen LogP contribution is 2.38. The Kier molecular flexibility index (Phi) is 4.91. The van der Waals surface area contributed by atoms with Crippen molar-refractivity contribution in [3.05, 3.63) is 70.2 Å². The standard InChI is InChI=1S/C19H13BrF3NO2/c1-26-17-13(10-11-6-2-3-7-12(11)16(17)20)18(25)24-15-9-5-4-8-14(15)19(21,22)23/h2-10H,1H3,(H,24,25). The summed E-state index contributed by atoms with van der Waals surface area (Å²) in [4.78, 5) is 12.7. The predicted octanol–water partition coefficient (Wildman–Crippen LogP) is 5.88. The molecule has 0 saturated carbocycles. The van der Waals surface area contributed by atoms with Gasteiger partial charge < -0.3 is 10.1 Å². The van der Waals surface area contributed by atoms with Gasteiger partial charge in [-0.1, -0.05) is 36.4 Å². The highest BCUT2D eigenvalue weighted by molar-refractivity contribution is 9.10. The molecule has 0 spiro atoms. The minimum atomic E-state index is -4.57. The van der Waals surface area contributed by atoms with Crippen molar-refractivity contribution in [3.8, 4) is 5.75 Å². The number of rotatable bonds is 3. The maximum Gasteiger partial charge on any atom is 0.418 e. The van der Waals surface area contributed by atoms with Crippen LogP contribution < -0.4 is 10.1 Å². The minimum absolute atomic E-state index is 0.134. The molecule has 1 amide bonds. The zero-order chi connectivity index (χ0) is 18.9. The molecular formula is C19H13BrF3NO2. The lowest BCUT2D eigenvalue weighted by molar-refractivity contribution is -0.136. The maximum absolute atomic E-state index is 13.1. The van der Waals surface area contributed by atoms with Crippen molar-refractivity contribution in [2.75, 3.05) is 12.4 Å². The van der Waals surface area contributed by atoms with Crippen LogP contribution in [0.15, 0.2) is 59.1 Å². The quantitative estimate of drug-likeness (QED) is 0.570. The van der Waals surface area contributed by atoms with Crippen LogP contribution in [-0.2, 0) is 6.18 Å². The molecule has 0 atom stereocenters. The van der Waals surface area contributed by atoms with Gasteiger partial charge in [0, 0.05) is 0 Å². The SMILES string of the molecule is COc1c(C(=O)Nc2ccccc2C(F)(F)F)cc2ccccc2c1Br. The molecule has 7 heteroatoms. The second-order valence-corrected chi connectivity index (χ2v) is 6.28. The van der Waals surface area contributed by atoms with E-state index in [4.69, 9.17) is 4.74 Å². The van der Waals surface area contributed by atoms with E-state index in [1.165, 1.54) is 25.3 Å². The second-order valence-electron chi connectivity index (χ2n) is 5.49. The summed E-state index contributed by atoms with van der Waals surface area (Å²) in [5, 5.41) is 3.93. The van der Waals surface area contributed by atoms with E-state index in [0.717, 1.165) is 16.8 Å². The number of para-hydroxylation sites is 1. The lowest BCUT2D eigenvalue weighted by Crippen LogP contribution is -2.17. The van der Waals surface area contributed by atoms with Crippen molar-refractivity contribution in [1.29, 1.82) is 0 Å². The second kappa shape index (κ2) is 6.99. The van der Waals surface area contributed by atoms with Gasteiger partial charge in [0.05, 0.1) is 28.4 Å². The number of alkyl halides is 3. The van der Waals surface area contributed by atoms with Crippen LogP contribution in [0, 0.1) is 0 Å². The molecule has 3 nitrogen and oxygen atoms in total. The Morgan fingerprint density at radius 2 is 1.73 bits per heavy atom. The van der Waals surface area contributed by atoms with Gasteiger partial charge in [0.25, 0.3) is 5.91 Å². The molecule has 1 N–H and O–H groups in total. The molecule has 0 heterocycles. The molecule has 0 aliphatic heterocycles. The topological polar surface area (TPSA) is 38.3 Å². The fourth-order valence-electron chi connectivity index (χ4n) is 2.68. The summed E-state index contributed by atoms with van der Waals surface area (Å²) in [6.45, 7) is 0. The number of carbonyl (C=O) groups excluding carboxylic acids is 1. The third-order valence-corrected chi connectivity index (χ3v) is 4.66. The van der Waals surface area contributed by atoms with Gasteiger partial charge in [-0.25, -0.2) is 0 Å². The van der Waals surface area contributed by atoms with Crippen LogP contribution in [-0.4, -0.2) is 13.0 Å². The highest BCUT2D eigenvalue weighted by atomic mass is 79.9. The van der Waals surface area contributed by atoms with E-state index in [0.29, 0.717) is 4.47 Å². The fraction of sp³-hybridized carbons (Fsp3) is 0.105. The average Bonchev–Trinajstić information content (AvgIpc) is 2.61. The average molecular weight is 424 g/mol.